The molecule has 2 aromatic rings. The van der Waals surface area contributed by atoms with Crippen LogP contribution in [0.5, 0.6) is 0 Å². The molecule has 1 unspecified atom stereocenters. The van der Waals surface area contributed by atoms with Gasteiger partial charge in [0.1, 0.15) is 17.2 Å². The van der Waals surface area contributed by atoms with Gasteiger partial charge in [-0.3, -0.25) is 20.7 Å². The standard InChI is InChI=1S/C13H16N7O.Os/c1-6-3-4-7-12(21)19(2)11-8-9(17-18-11)15-13(14)16-10(8)20(7)5-6;/h7H,3-5H2,1-2H3,(H3,14,15,16,17,18);/q-1;+1. The van der Waals surface area contributed by atoms with Gasteiger partial charge >= 0.3 is 19.8 Å². The minimum absolute atomic E-state index is 0. The van der Waals surface area contributed by atoms with Gasteiger partial charge in [0.05, 0.1) is 0 Å². The maximum absolute atomic E-state index is 12.7. The van der Waals surface area contributed by atoms with Crippen molar-refractivity contribution in [2.45, 2.75) is 25.8 Å². The molecule has 0 aliphatic carbocycles. The second kappa shape index (κ2) is 5.16. The van der Waals surface area contributed by atoms with Crippen LogP contribution in [0.3, 0.4) is 0 Å². The van der Waals surface area contributed by atoms with Gasteiger partial charge in [-0.2, -0.15) is 28.4 Å². The van der Waals surface area contributed by atoms with E-state index in [9.17, 15) is 4.79 Å². The summed E-state index contributed by atoms with van der Waals surface area (Å²) >= 11 is 0. The Morgan fingerprint density at radius 1 is 1.36 bits per heavy atom. The van der Waals surface area contributed by atoms with E-state index in [4.69, 9.17) is 5.73 Å². The number of aromatic amines is 1. The molecular weight excluding hydrogens is 460 g/mol. The van der Waals surface area contributed by atoms with Gasteiger partial charge < -0.3 is 10.6 Å². The van der Waals surface area contributed by atoms with E-state index in [1.54, 1.807) is 11.9 Å². The van der Waals surface area contributed by atoms with Crippen LogP contribution in [0.1, 0.15) is 19.8 Å². The molecule has 117 valence electrons. The average Bonchev–Trinajstić information content (AvgIpc) is 2.85. The van der Waals surface area contributed by atoms with Crippen molar-refractivity contribution in [3.05, 3.63) is 5.92 Å². The fourth-order valence-corrected chi connectivity index (χ4v) is 3.19. The molecule has 2 aliphatic heterocycles. The first-order valence-electron chi connectivity index (χ1n) is 6.93. The fourth-order valence-electron chi connectivity index (χ4n) is 3.19. The molecular formula is C13H16N7OOs. The molecule has 4 heterocycles. The largest absolute Gasteiger partial charge is 1.00 e. The van der Waals surface area contributed by atoms with Gasteiger partial charge in [0, 0.05) is 7.05 Å². The number of carbonyl (C=O) groups excluding carboxylic acids is 1. The molecule has 2 aromatic heterocycles. The number of aromatic nitrogens is 4. The Bertz CT molecular complexity index is 745. The predicted octanol–water partition coefficient (Wildman–Crippen LogP) is 0.472. The number of nitrogen functional groups attached to an aromatic ring is 1. The Morgan fingerprint density at radius 3 is 2.91 bits per heavy atom. The summed E-state index contributed by atoms with van der Waals surface area (Å²) in [5.74, 6) is 2.82. The van der Waals surface area contributed by atoms with Gasteiger partial charge in [-0.05, 0) is 0 Å². The molecule has 22 heavy (non-hydrogen) atoms. The van der Waals surface area contributed by atoms with Crippen molar-refractivity contribution >= 4 is 34.5 Å². The van der Waals surface area contributed by atoms with Crippen molar-refractivity contribution in [1.82, 2.24) is 20.2 Å². The molecule has 1 atom stereocenters. The quantitative estimate of drug-likeness (QED) is 0.536. The normalized spacial score (nSPS) is 21.5. The third kappa shape index (κ3) is 1.99. The summed E-state index contributed by atoms with van der Waals surface area (Å²) in [5.41, 5.74) is 6.37. The summed E-state index contributed by atoms with van der Waals surface area (Å²) in [6.07, 6.45) is 1.74. The van der Waals surface area contributed by atoms with Crippen molar-refractivity contribution in [2.75, 3.05) is 29.1 Å². The zero-order valence-corrected chi connectivity index (χ0v) is 14.8. The Hall–Kier alpha value is -1.74. The number of anilines is 3. The van der Waals surface area contributed by atoms with Crippen molar-refractivity contribution < 1.29 is 24.6 Å². The summed E-state index contributed by atoms with van der Waals surface area (Å²) in [5, 5.41) is 7.82. The van der Waals surface area contributed by atoms with Crippen LogP contribution in [0.4, 0.5) is 17.6 Å². The molecule has 2 aliphatic rings. The van der Waals surface area contributed by atoms with Gasteiger partial charge in [-0.25, -0.2) is 0 Å². The summed E-state index contributed by atoms with van der Waals surface area (Å²) in [6.45, 7) is 2.81. The van der Waals surface area contributed by atoms with Crippen LogP contribution in [-0.2, 0) is 24.6 Å². The van der Waals surface area contributed by atoms with Gasteiger partial charge in [-0.15, -0.1) is 6.54 Å². The summed E-state index contributed by atoms with van der Waals surface area (Å²) < 4.78 is 0. The predicted molar refractivity (Wildman–Crippen MR) is 78.8 cm³/mol. The number of amides is 1. The molecule has 9 heteroatoms. The van der Waals surface area contributed by atoms with Crippen LogP contribution in [0.15, 0.2) is 0 Å². The number of carbonyl (C=O) groups is 1. The number of hydrogen-bond donors (Lipinski definition) is 2. The van der Waals surface area contributed by atoms with E-state index < -0.39 is 0 Å². The Kier molecular flexibility index (Phi) is 3.56. The molecule has 0 spiro atoms. The summed E-state index contributed by atoms with van der Waals surface area (Å²) in [7, 11) is 1.74. The third-order valence-electron chi connectivity index (χ3n) is 4.26. The van der Waals surface area contributed by atoms with Crippen molar-refractivity contribution in [3.8, 4) is 0 Å². The number of piperidine rings is 1. The number of fused-ring (bicyclic) bond motifs is 2. The number of nitrogens with one attached hydrogen (secondary N) is 1. The number of likely N-dealkylation sites (N-methyl/N-ethyl adjacent to an activating group) is 1. The molecule has 4 rings (SSSR count). The van der Waals surface area contributed by atoms with E-state index in [0.29, 0.717) is 23.8 Å². The number of rotatable bonds is 0. The SMILES string of the molecule is C[C-]1CCC2C(=O)N(C)c3n[nH]c4nc(N)nc(c34)N2C1.[Os+]. The van der Waals surface area contributed by atoms with Gasteiger partial charge in [0.2, 0.25) is 11.9 Å². The maximum atomic E-state index is 12.7. The van der Waals surface area contributed by atoms with Gasteiger partial charge in [-0.1, -0.05) is 6.42 Å². The Balaban J connectivity index is 0.00000144. The van der Waals surface area contributed by atoms with E-state index in [-0.39, 0.29) is 37.7 Å². The second-order valence-corrected chi connectivity index (χ2v) is 5.71. The van der Waals surface area contributed by atoms with Crippen LogP contribution >= 0.6 is 0 Å². The first-order valence-corrected chi connectivity index (χ1v) is 6.93. The average molecular weight is 477 g/mol. The van der Waals surface area contributed by atoms with E-state index >= 15 is 0 Å². The maximum Gasteiger partial charge on any atom is 1.00 e. The number of H-pyrrole nitrogens is 1. The van der Waals surface area contributed by atoms with Gasteiger partial charge in [0.25, 0.3) is 0 Å². The second-order valence-electron chi connectivity index (χ2n) is 5.71. The molecule has 0 bridgehead atoms. The fraction of sp³-hybridized carbons (Fsp3) is 0.462. The molecule has 0 saturated carbocycles. The zero-order chi connectivity index (χ0) is 14.7. The van der Waals surface area contributed by atoms with Gasteiger partial charge in [0.15, 0.2) is 11.5 Å². The number of nitrogens with zero attached hydrogens (tertiary/aromatic N) is 5. The monoisotopic (exact) mass is 478 g/mol. The molecule has 1 radical (unpaired) electrons. The van der Waals surface area contributed by atoms with Crippen molar-refractivity contribution in [2.24, 2.45) is 0 Å². The minimum atomic E-state index is -0.217. The first-order chi connectivity index (χ1) is 10.1. The van der Waals surface area contributed by atoms with E-state index in [0.717, 1.165) is 18.2 Å². The Morgan fingerprint density at radius 2 is 2.14 bits per heavy atom. The number of hydrogen-bond acceptors (Lipinski definition) is 6. The van der Waals surface area contributed by atoms with Crippen molar-refractivity contribution in [1.29, 1.82) is 0 Å². The zero-order valence-electron chi connectivity index (χ0n) is 12.3. The molecule has 0 aromatic carbocycles. The molecule has 1 saturated heterocycles. The summed E-state index contributed by atoms with van der Waals surface area (Å²) in [6, 6.07) is -0.217. The van der Waals surface area contributed by atoms with E-state index in [1.165, 1.54) is 5.92 Å². The molecule has 1 fully saturated rings. The number of nitrogens with two attached hydrogens (primary N) is 1. The molecule has 3 N–H and O–H groups in total. The van der Waals surface area contributed by atoms with Crippen LogP contribution in [0.2, 0.25) is 0 Å². The smallest absolute Gasteiger partial charge is 0.374 e. The van der Waals surface area contributed by atoms with E-state index in [2.05, 4.69) is 27.1 Å². The van der Waals surface area contributed by atoms with Crippen LogP contribution < -0.4 is 15.5 Å². The minimum Gasteiger partial charge on any atom is -0.374 e. The van der Waals surface area contributed by atoms with Crippen LogP contribution in [0.25, 0.3) is 11.0 Å². The topological polar surface area (TPSA) is 104 Å². The summed E-state index contributed by atoms with van der Waals surface area (Å²) in [4.78, 5) is 24.9. The first kappa shape index (κ1) is 15.2. The molecule has 8 nitrogen and oxygen atoms in total. The van der Waals surface area contributed by atoms with Crippen LogP contribution in [-0.4, -0.2) is 45.7 Å². The molecule has 1 amide bonds. The van der Waals surface area contributed by atoms with E-state index in [1.807, 2.05) is 4.90 Å². The Labute approximate surface area is 140 Å². The van der Waals surface area contributed by atoms with Crippen molar-refractivity contribution in [3.63, 3.8) is 0 Å². The third-order valence-corrected chi connectivity index (χ3v) is 4.26. The van der Waals surface area contributed by atoms with Crippen LogP contribution in [0, 0.1) is 5.92 Å².